The normalized spacial score (nSPS) is 15.7. The number of hydrogen-bond donors (Lipinski definition) is 2. The number of nitrogens with one attached hydrogen (secondary N) is 2. The number of rotatable bonds is 7. The van der Waals surface area contributed by atoms with Crippen LogP contribution in [0.1, 0.15) is 23.3 Å². The number of benzene rings is 1. The predicted molar refractivity (Wildman–Crippen MR) is 129 cm³/mol. The van der Waals surface area contributed by atoms with Crippen LogP contribution in [0, 0.1) is 5.92 Å². The van der Waals surface area contributed by atoms with Crippen LogP contribution in [-0.2, 0) is 13.1 Å². The molecule has 0 atom stereocenters. The molecule has 5 nitrogen and oxygen atoms in total. The Hall–Kier alpha value is -1.32. The highest BCUT2D eigenvalue weighted by atomic mass is 127. The summed E-state index contributed by atoms with van der Waals surface area (Å²) in [6, 6.07) is 12.5. The summed E-state index contributed by atoms with van der Waals surface area (Å²) in [5.41, 5.74) is 1.21. The number of likely N-dealkylation sites (tertiary alicyclic amines) is 1. The van der Waals surface area contributed by atoms with Gasteiger partial charge < -0.3 is 15.4 Å². The summed E-state index contributed by atoms with van der Waals surface area (Å²) < 4.78 is 5.20. The van der Waals surface area contributed by atoms with E-state index in [0.717, 1.165) is 31.3 Å². The van der Waals surface area contributed by atoms with Crippen LogP contribution in [-0.4, -0.2) is 44.7 Å². The highest BCUT2D eigenvalue weighted by molar-refractivity contribution is 14.0. The van der Waals surface area contributed by atoms with Gasteiger partial charge in [-0.15, -0.1) is 35.3 Å². The summed E-state index contributed by atoms with van der Waals surface area (Å²) in [4.78, 5) is 8.38. The number of thiophene rings is 1. The molecule has 1 saturated heterocycles. The van der Waals surface area contributed by atoms with Crippen molar-refractivity contribution < 1.29 is 4.74 Å². The molecule has 7 heteroatoms. The average molecular weight is 514 g/mol. The van der Waals surface area contributed by atoms with Gasteiger partial charge in [0.1, 0.15) is 5.75 Å². The van der Waals surface area contributed by atoms with Gasteiger partial charge in [0.15, 0.2) is 5.96 Å². The summed E-state index contributed by atoms with van der Waals surface area (Å²) in [6.45, 7) is 5.20. The Labute approximate surface area is 189 Å². The van der Waals surface area contributed by atoms with Gasteiger partial charge in [-0.1, -0.05) is 18.2 Å². The molecular weight excluding hydrogens is 483 g/mol. The fraction of sp³-hybridized carbons (Fsp3) is 0.476. The van der Waals surface area contributed by atoms with Gasteiger partial charge >= 0.3 is 0 Å². The lowest BCUT2D eigenvalue weighted by Crippen LogP contribution is -2.42. The Bertz CT molecular complexity index is 698. The third kappa shape index (κ3) is 7.25. The van der Waals surface area contributed by atoms with E-state index in [-0.39, 0.29) is 24.0 Å². The Morgan fingerprint density at radius 2 is 1.93 bits per heavy atom. The predicted octanol–water partition coefficient (Wildman–Crippen LogP) is 3.95. The quantitative estimate of drug-likeness (QED) is 0.334. The van der Waals surface area contributed by atoms with Crippen molar-refractivity contribution in [3.05, 3.63) is 52.2 Å². The molecule has 154 valence electrons. The van der Waals surface area contributed by atoms with Crippen LogP contribution in [0.4, 0.5) is 0 Å². The average Bonchev–Trinajstić information content (AvgIpc) is 3.23. The number of hydrogen-bond acceptors (Lipinski definition) is 4. The highest BCUT2D eigenvalue weighted by Crippen LogP contribution is 2.20. The first-order valence-electron chi connectivity index (χ1n) is 9.59. The standard InChI is InChI=1S/C21H30N4OS.HI/c1-22-21(23-14-17-5-7-19(26-2)8-6-17)24-15-18-9-11-25(12-10-18)16-20-4-3-13-27-20;/h3-8,13,18H,9-12,14-16H2,1-2H3,(H2,22,23,24);1H. The monoisotopic (exact) mass is 514 g/mol. The first-order chi connectivity index (χ1) is 13.3. The van der Waals surface area contributed by atoms with Crippen LogP contribution in [0.25, 0.3) is 0 Å². The fourth-order valence-electron chi connectivity index (χ4n) is 3.36. The van der Waals surface area contributed by atoms with E-state index in [0.29, 0.717) is 5.92 Å². The van der Waals surface area contributed by atoms with Crippen molar-refractivity contribution in [2.45, 2.75) is 25.9 Å². The molecule has 0 saturated carbocycles. The zero-order chi connectivity index (χ0) is 18.9. The van der Waals surface area contributed by atoms with Crippen molar-refractivity contribution >= 4 is 41.3 Å². The van der Waals surface area contributed by atoms with E-state index in [1.165, 1.54) is 36.4 Å². The summed E-state index contributed by atoms with van der Waals surface area (Å²) in [7, 11) is 3.51. The van der Waals surface area contributed by atoms with Gasteiger partial charge in [0.25, 0.3) is 0 Å². The summed E-state index contributed by atoms with van der Waals surface area (Å²) >= 11 is 1.86. The van der Waals surface area contributed by atoms with Crippen LogP contribution in [0.3, 0.4) is 0 Å². The maximum Gasteiger partial charge on any atom is 0.191 e. The van der Waals surface area contributed by atoms with E-state index >= 15 is 0 Å². The molecule has 1 aromatic heterocycles. The maximum absolute atomic E-state index is 5.20. The van der Waals surface area contributed by atoms with Crippen LogP contribution in [0.2, 0.25) is 0 Å². The minimum atomic E-state index is 0. The molecule has 3 rings (SSSR count). The molecule has 1 aliphatic heterocycles. The molecule has 2 heterocycles. The van der Waals surface area contributed by atoms with Gasteiger partial charge in [-0.3, -0.25) is 9.89 Å². The molecule has 2 aromatic rings. The van der Waals surface area contributed by atoms with Crippen molar-refractivity contribution in [1.29, 1.82) is 0 Å². The highest BCUT2D eigenvalue weighted by Gasteiger charge is 2.19. The Balaban J connectivity index is 0.00000280. The van der Waals surface area contributed by atoms with Crippen molar-refractivity contribution in [3.8, 4) is 5.75 Å². The minimum absolute atomic E-state index is 0. The van der Waals surface area contributed by atoms with Gasteiger partial charge in [-0.2, -0.15) is 0 Å². The number of halogens is 1. The summed E-state index contributed by atoms with van der Waals surface area (Å²) in [5.74, 6) is 2.46. The minimum Gasteiger partial charge on any atom is -0.497 e. The topological polar surface area (TPSA) is 48.9 Å². The molecule has 0 unspecified atom stereocenters. The Kier molecular flexibility index (Phi) is 10.1. The Morgan fingerprint density at radius 1 is 1.18 bits per heavy atom. The second-order valence-corrected chi connectivity index (χ2v) is 7.99. The lowest BCUT2D eigenvalue weighted by Gasteiger charge is -2.32. The summed E-state index contributed by atoms with van der Waals surface area (Å²) in [5, 5.41) is 9.04. The molecule has 1 fully saturated rings. The molecular formula is C21H31IN4OS. The molecule has 0 spiro atoms. The summed E-state index contributed by atoms with van der Waals surface area (Å²) in [6.07, 6.45) is 2.49. The molecule has 2 N–H and O–H groups in total. The van der Waals surface area contributed by atoms with Crippen LogP contribution in [0.15, 0.2) is 46.8 Å². The molecule has 1 aliphatic rings. The van der Waals surface area contributed by atoms with Gasteiger partial charge in [0.2, 0.25) is 0 Å². The van der Waals surface area contributed by atoms with E-state index in [1.54, 1.807) is 7.11 Å². The third-order valence-corrected chi connectivity index (χ3v) is 5.93. The van der Waals surface area contributed by atoms with Crippen molar-refractivity contribution in [3.63, 3.8) is 0 Å². The molecule has 0 radical (unpaired) electrons. The number of aliphatic imine (C=N–C) groups is 1. The van der Waals surface area contributed by atoms with E-state index in [2.05, 4.69) is 50.2 Å². The third-order valence-electron chi connectivity index (χ3n) is 5.07. The lowest BCUT2D eigenvalue weighted by atomic mass is 9.97. The van der Waals surface area contributed by atoms with Gasteiger partial charge in [-0.25, -0.2) is 0 Å². The number of guanidine groups is 1. The smallest absolute Gasteiger partial charge is 0.191 e. The lowest BCUT2D eigenvalue weighted by molar-refractivity contribution is 0.179. The SMILES string of the molecule is CN=C(NCc1ccc(OC)cc1)NCC1CCN(Cc2cccs2)CC1.I. The number of ether oxygens (including phenoxy) is 1. The van der Waals surface area contributed by atoms with Crippen LogP contribution >= 0.6 is 35.3 Å². The molecule has 0 aliphatic carbocycles. The first kappa shape index (κ1) is 23.0. The number of nitrogens with zero attached hydrogens (tertiary/aromatic N) is 2. The zero-order valence-corrected chi connectivity index (χ0v) is 19.8. The van der Waals surface area contributed by atoms with Crippen molar-refractivity contribution in [1.82, 2.24) is 15.5 Å². The molecule has 1 aromatic carbocycles. The molecule has 28 heavy (non-hydrogen) atoms. The molecule has 0 amide bonds. The fourth-order valence-corrected chi connectivity index (χ4v) is 4.11. The van der Waals surface area contributed by atoms with E-state index in [4.69, 9.17) is 4.74 Å². The van der Waals surface area contributed by atoms with E-state index in [1.807, 2.05) is 30.5 Å². The van der Waals surface area contributed by atoms with Crippen molar-refractivity contribution in [2.24, 2.45) is 10.9 Å². The van der Waals surface area contributed by atoms with E-state index < -0.39 is 0 Å². The van der Waals surface area contributed by atoms with Gasteiger partial charge in [0.05, 0.1) is 7.11 Å². The second kappa shape index (κ2) is 12.3. The maximum atomic E-state index is 5.20. The van der Waals surface area contributed by atoms with Crippen LogP contribution < -0.4 is 15.4 Å². The van der Waals surface area contributed by atoms with Gasteiger partial charge in [-0.05, 0) is 61.0 Å². The largest absolute Gasteiger partial charge is 0.497 e. The molecule has 0 bridgehead atoms. The number of piperidine rings is 1. The number of methoxy groups -OCH3 is 1. The zero-order valence-electron chi connectivity index (χ0n) is 16.7. The van der Waals surface area contributed by atoms with Crippen molar-refractivity contribution in [2.75, 3.05) is 33.8 Å². The Morgan fingerprint density at radius 3 is 2.54 bits per heavy atom. The van der Waals surface area contributed by atoms with Gasteiger partial charge in [0, 0.05) is 31.6 Å². The van der Waals surface area contributed by atoms with Crippen LogP contribution in [0.5, 0.6) is 5.75 Å². The van der Waals surface area contributed by atoms with E-state index in [9.17, 15) is 0 Å². The second-order valence-electron chi connectivity index (χ2n) is 6.95. The first-order valence-corrected chi connectivity index (χ1v) is 10.5.